The first-order chi connectivity index (χ1) is 9.09. The first-order valence-corrected chi connectivity index (χ1v) is 7.55. The molecule has 2 N–H and O–H groups in total. The smallest absolute Gasteiger partial charge is 0.133 e. The molecule has 19 heavy (non-hydrogen) atoms. The minimum absolute atomic E-state index is 0.0489. The van der Waals surface area contributed by atoms with Gasteiger partial charge in [-0.1, -0.05) is 19.9 Å². The summed E-state index contributed by atoms with van der Waals surface area (Å²) in [6.07, 6.45) is 5.75. The van der Waals surface area contributed by atoms with Crippen molar-refractivity contribution in [2.75, 3.05) is 18.0 Å². The molecular weight excluding hydrogens is 234 g/mol. The molecule has 0 aliphatic carbocycles. The van der Waals surface area contributed by atoms with Crippen LogP contribution >= 0.6 is 0 Å². The Balaban J connectivity index is 2.14. The second-order valence-corrected chi connectivity index (χ2v) is 6.13. The largest absolute Gasteiger partial charge is 0.356 e. The summed E-state index contributed by atoms with van der Waals surface area (Å²) in [6, 6.07) is 4.14. The molecule has 2 unspecified atom stereocenters. The molecule has 3 nitrogen and oxygen atoms in total. The molecule has 1 fully saturated rings. The quantitative estimate of drug-likeness (QED) is 0.907. The Morgan fingerprint density at radius 1 is 1.26 bits per heavy atom. The molecule has 2 rings (SSSR count). The van der Waals surface area contributed by atoms with Crippen LogP contribution in [0.4, 0.5) is 5.82 Å². The lowest BCUT2D eigenvalue weighted by Crippen LogP contribution is -2.27. The van der Waals surface area contributed by atoms with Gasteiger partial charge in [-0.15, -0.1) is 0 Å². The van der Waals surface area contributed by atoms with Crippen molar-refractivity contribution < 1.29 is 0 Å². The molecule has 0 spiro atoms. The van der Waals surface area contributed by atoms with E-state index >= 15 is 0 Å². The topological polar surface area (TPSA) is 42.1 Å². The van der Waals surface area contributed by atoms with Gasteiger partial charge in [-0.2, -0.15) is 0 Å². The molecule has 1 aromatic rings. The van der Waals surface area contributed by atoms with Crippen LogP contribution in [-0.2, 0) is 0 Å². The Bertz CT molecular complexity index is 401. The van der Waals surface area contributed by atoms with Crippen molar-refractivity contribution in [1.82, 2.24) is 4.98 Å². The Hall–Kier alpha value is -1.09. The van der Waals surface area contributed by atoms with Gasteiger partial charge in [0, 0.05) is 30.9 Å². The Labute approximate surface area is 117 Å². The number of hydrogen-bond donors (Lipinski definition) is 1. The van der Waals surface area contributed by atoms with E-state index in [1.54, 1.807) is 0 Å². The molecule has 1 saturated heterocycles. The molecule has 2 heterocycles. The average molecular weight is 261 g/mol. The zero-order chi connectivity index (χ0) is 13.8. The van der Waals surface area contributed by atoms with Crippen molar-refractivity contribution >= 4 is 5.82 Å². The molecule has 3 heteroatoms. The van der Waals surface area contributed by atoms with Crippen LogP contribution in [0.3, 0.4) is 0 Å². The molecular formula is C16H27N3. The van der Waals surface area contributed by atoms with Crippen molar-refractivity contribution in [3.05, 3.63) is 23.9 Å². The van der Waals surface area contributed by atoms with E-state index in [2.05, 4.69) is 29.8 Å². The number of rotatable bonds is 3. The van der Waals surface area contributed by atoms with E-state index in [1.807, 2.05) is 19.2 Å². The van der Waals surface area contributed by atoms with Gasteiger partial charge in [-0.25, -0.2) is 4.98 Å². The van der Waals surface area contributed by atoms with Crippen LogP contribution in [0.5, 0.6) is 0 Å². The molecule has 0 bridgehead atoms. The molecule has 1 aliphatic rings. The van der Waals surface area contributed by atoms with Gasteiger partial charge in [0.1, 0.15) is 5.82 Å². The van der Waals surface area contributed by atoms with Gasteiger partial charge in [0.05, 0.1) is 0 Å². The first kappa shape index (κ1) is 14.3. The summed E-state index contributed by atoms with van der Waals surface area (Å²) >= 11 is 0. The lowest BCUT2D eigenvalue weighted by molar-refractivity contribution is 0.351. The number of anilines is 1. The highest BCUT2D eigenvalue weighted by Gasteiger charge is 2.22. The number of nitrogens with zero attached hydrogens (tertiary/aromatic N) is 2. The van der Waals surface area contributed by atoms with Crippen LogP contribution < -0.4 is 10.6 Å². The van der Waals surface area contributed by atoms with Crippen LogP contribution in [0.1, 0.15) is 51.6 Å². The summed E-state index contributed by atoms with van der Waals surface area (Å²) in [5.41, 5.74) is 7.24. The number of pyridine rings is 1. The maximum atomic E-state index is 6.07. The summed E-state index contributed by atoms with van der Waals surface area (Å²) in [5.74, 6) is 2.74. The van der Waals surface area contributed by atoms with E-state index < -0.39 is 0 Å². The molecule has 2 atom stereocenters. The van der Waals surface area contributed by atoms with Gasteiger partial charge < -0.3 is 10.6 Å². The van der Waals surface area contributed by atoms with Gasteiger partial charge in [0.2, 0.25) is 0 Å². The lowest BCUT2D eigenvalue weighted by atomic mass is 9.89. The molecule has 1 aromatic heterocycles. The van der Waals surface area contributed by atoms with Crippen molar-refractivity contribution in [2.45, 2.75) is 46.1 Å². The average Bonchev–Trinajstić information content (AvgIpc) is 2.64. The Kier molecular flexibility index (Phi) is 4.81. The van der Waals surface area contributed by atoms with Gasteiger partial charge in [-0.05, 0) is 44.1 Å². The minimum Gasteiger partial charge on any atom is -0.356 e. The predicted octanol–water partition coefficient (Wildman–Crippen LogP) is 3.36. The Morgan fingerprint density at radius 3 is 2.74 bits per heavy atom. The van der Waals surface area contributed by atoms with Crippen LogP contribution in [0.15, 0.2) is 18.3 Å². The summed E-state index contributed by atoms with van der Waals surface area (Å²) in [5, 5.41) is 0. The maximum absolute atomic E-state index is 6.07. The molecule has 0 saturated carbocycles. The van der Waals surface area contributed by atoms with Crippen molar-refractivity contribution in [2.24, 2.45) is 17.6 Å². The highest BCUT2D eigenvalue weighted by atomic mass is 15.2. The third-order valence-electron chi connectivity index (χ3n) is 4.32. The normalized spacial score (nSPS) is 22.4. The molecule has 0 amide bonds. The monoisotopic (exact) mass is 261 g/mol. The summed E-state index contributed by atoms with van der Waals surface area (Å²) in [6.45, 7) is 8.94. The predicted molar refractivity (Wildman–Crippen MR) is 81.2 cm³/mol. The summed E-state index contributed by atoms with van der Waals surface area (Å²) in [7, 11) is 0. The lowest BCUT2D eigenvalue weighted by Gasteiger charge is -2.25. The van der Waals surface area contributed by atoms with Crippen molar-refractivity contribution in [3.8, 4) is 0 Å². The highest BCUT2D eigenvalue weighted by Crippen LogP contribution is 2.29. The van der Waals surface area contributed by atoms with Crippen LogP contribution in [-0.4, -0.2) is 18.1 Å². The number of aromatic nitrogens is 1. The molecule has 0 radical (unpaired) electrons. The highest BCUT2D eigenvalue weighted by molar-refractivity contribution is 5.48. The second-order valence-electron chi connectivity index (χ2n) is 6.13. The zero-order valence-corrected chi connectivity index (χ0v) is 12.5. The van der Waals surface area contributed by atoms with Gasteiger partial charge in [0.15, 0.2) is 0 Å². The molecule has 0 aromatic carbocycles. The van der Waals surface area contributed by atoms with Crippen molar-refractivity contribution in [1.29, 1.82) is 0 Å². The van der Waals surface area contributed by atoms with Gasteiger partial charge in [0.25, 0.3) is 0 Å². The molecule has 106 valence electrons. The van der Waals surface area contributed by atoms with Crippen LogP contribution in [0.25, 0.3) is 0 Å². The fraction of sp³-hybridized carbons (Fsp3) is 0.688. The van der Waals surface area contributed by atoms with Crippen LogP contribution in [0, 0.1) is 11.8 Å². The molecule has 1 aliphatic heterocycles. The van der Waals surface area contributed by atoms with Crippen molar-refractivity contribution in [3.63, 3.8) is 0 Å². The minimum atomic E-state index is 0.0489. The fourth-order valence-corrected chi connectivity index (χ4v) is 3.03. The van der Waals surface area contributed by atoms with Gasteiger partial charge >= 0.3 is 0 Å². The standard InChI is InChI=1S/C16H27N3/c1-12(2)14-6-5-10-19(11-8-14)16-15(13(3)17)7-4-9-18-16/h4,7,9,12-14H,5-6,8,10-11,17H2,1-3H3. The third kappa shape index (κ3) is 3.47. The SMILES string of the molecule is CC(N)c1cccnc1N1CCCC(C(C)C)CC1. The number of hydrogen-bond acceptors (Lipinski definition) is 3. The van der Waals surface area contributed by atoms with Gasteiger partial charge in [-0.3, -0.25) is 0 Å². The Morgan fingerprint density at radius 2 is 2.05 bits per heavy atom. The van der Waals surface area contributed by atoms with E-state index in [-0.39, 0.29) is 6.04 Å². The van der Waals surface area contributed by atoms with E-state index in [9.17, 15) is 0 Å². The summed E-state index contributed by atoms with van der Waals surface area (Å²) in [4.78, 5) is 7.01. The van der Waals surface area contributed by atoms with E-state index in [0.29, 0.717) is 0 Å². The summed E-state index contributed by atoms with van der Waals surface area (Å²) < 4.78 is 0. The van der Waals surface area contributed by atoms with E-state index in [0.717, 1.165) is 30.7 Å². The van der Waals surface area contributed by atoms with E-state index in [4.69, 9.17) is 5.73 Å². The second kappa shape index (κ2) is 6.38. The number of nitrogens with two attached hydrogens (primary N) is 1. The first-order valence-electron chi connectivity index (χ1n) is 7.55. The fourth-order valence-electron chi connectivity index (χ4n) is 3.03. The van der Waals surface area contributed by atoms with Crippen LogP contribution in [0.2, 0.25) is 0 Å². The third-order valence-corrected chi connectivity index (χ3v) is 4.32. The maximum Gasteiger partial charge on any atom is 0.133 e. The zero-order valence-electron chi connectivity index (χ0n) is 12.5. The van der Waals surface area contributed by atoms with E-state index in [1.165, 1.54) is 24.8 Å².